The van der Waals surface area contributed by atoms with E-state index in [1.807, 2.05) is 0 Å². The van der Waals surface area contributed by atoms with Crippen molar-refractivity contribution in [1.29, 1.82) is 0 Å². The Morgan fingerprint density at radius 2 is 1.55 bits per heavy atom. The van der Waals surface area contributed by atoms with Crippen molar-refractivity contribution in [2.75, 3.05) is 13.7 Å². The molecular weight excluding hydrogens is 284 g/mol. The van der Waals surface area contributed by atoms with Gasteiger partial charge in [0.2, 0.25) is 0 Å². The van der Waals surface area contributed by atoms with Crippen LogP contribution in [0.3, 0.4) is 0 Å². The van der Waals surface area contributed by atoms with Gasteiger partial charge in [-0.2, -0.15) is 0 Å². The van der Waals surface area contributed by atoms with Gasteiger partial charge in [0.15, 0.2) is 6.61 Å². The molecule has 0 aliphatic heterocycles. The molecule has 0 heterocycles. The van der Waals surface area contributed by atoms with E-state index in [-0.39, 0.29) is 6.61 Å². The first-order valence-corrected chi connectivity index (χ1v) is 6.60. The molecule has 0 atom stereocenters. The van der Waals surface area contributed by atoms with Gasteiger partial charge in [0.1, 0.15) is 11.5 Å². The summed E-state index contributed by atoms with van der Waals surface area (Å²) in [4.78, 5) is 23.3. The number of nitrogens with one attached hydrogen (secondary N) is 2. The molecular formula is C16H16N2O4. The zero-order valence-electron chi connectivity index (χ0n) is 12.0. The molecule has 0 aromatic heterocycles. The molecule has 22 heavy (non-hydrogen) atoms. The molecule has 2 aromatic carbocycles. The van der Waals surface area contributed by atoms with E-state index in [1.165, 1.54) is 0 Å². The Bertz CT molecular complexity index is 626. The van der Waals surface area contributed by atoms with Crippen LogP contribution < -0.4 is 20.3 Å². The Morgan fingerprint density at radius 3 is 2.18 bits per heavy atom. The van der Waals surface area contributed by atoms with Gasteiger partial charge in [-0.1, -0.05) is 18.2 Å². The lowest BCUT2D eigenvalue weighted by Gasteiger charge is -2.09. The average molecular weight is 300 g/mol. The van der Waals surface area contributed by atoms with Gasteiger partial charge < -0.3 is 9.47 Å². The predicted molar refractivity (Wildman–Crippen MR) is 80.5 cm³/mol. The number of methoxy groups -OCH3 is 1. The molecule has 114 valence electrons. The molecule has 0 fully saturated rings. The summed E-state index contributed by atoms with van der Waals surface area (Å²) in [5.41, 5.74) is 5.06. The number of amides is 2. The van der Waals surface area contributed by atoms with Gasteiger partial charge in [-0.3, -0.25) is 20.4 Å². The van der Waals surface area contributed by atoms with Crippen LogP contribution in [0.15, 0.2) is 54.6 Å². The van der Waals surface area contributed by atoms with Crippen LogP contribution in [0.25, 0.3) is 0 Å². The molecule has 0 bridgehead atoms. The number of carbonyl (C=O) groups excluding carboxylic acids is 2. The van der Waals surface area contributed by atoms with Gasteiger partial charge in [-0.05, 0) is 36.4 Å². The maximum absolute atomic E-state index is 11.7. The minimum atomic E-state index is -0.458. The normalized spacial score (nSPS) is 9.68. The van der Waals surface area contributed by atoms with E-state index in [4.69, 9.17) is 9.47 Å². The van der Waals surface area contributed by atoms with Crippen molar-refractivity contribution in [3.8, 4) is 11.5 Å². The average Bonchev–Trinajstić information content (AvgIpc) is 2.59. The Balaban J connectivity index is 1.74. The highest BCUT2D eigenvalue weighted by Gasteiger charge is 2.07. The van der Waals surface area contributed by atoms with Crippen LogP contribution in [0.1, 0.15) is 10.4 Å². The van der Waals surface area contributed by atoms with Crippen molar-refractivity contribution in [3.05, 3.63) is 60.2 Å². The number of ether oxygens (including phenoxy) is 2. The summed E-state index contributed by atoms with van der Waals surface area (Å²) < 4.78 is 10.3. The molecule has 2 N–H and O–H groups in total. The van der Waals surface area contributed by atoms with E-state index >= 15 is 0 Å². The van der Waals surface area contributed by atoms with Crippen LogP contribution in [-0.4, -0.2) is 25.5 Å². The van der Waals surface area contributed by atoms with Crippen LogP contribution in [0.4, 0.5) is 0 Å². The summed E-state index contributed by atoms with van der Waals surface area (Å²) in [6.45, 7) is -0.207. The van der Waals surface area contributed by atoms with Crippen LogP contribution in [-0.2, 0) is 4.79 Å². The highest BCUT2D eigenvalue weighted by Crippen LogP contribution is 2.16. The van der Waals surface area contributed by atoms with Gasteiger partial charge in [0, 0.05) is 5.56 Å². The quantitative estimate of drug-likeness (QED) is 0.821. The van der Waals surface area contributed by atoms with Gasteiger partial charge in [-0.25, -0.2) is 0 Å². The van der Waals surface area contributed by atoms with Crippen LogP contribution in [0.5, 0.6) is 11.5 Å². The number of benzene rings is 2. The number of hydrazine groups is 1. The minimum absolute atomic E-state index is 0.207. The lowest BCUT2D eigenvalue weighted by atomic mass is 10.2. The van der Waals surface area contributed by atoms with E-state index in [0.717, 1.165) is 0 Å². The first-order valence-electron chi connectivity index (χ1n) is 6.60. The van der Waals surface area contributed by atoms with E-state index in [2.05, 4.69) is 10.9 Å². The molecule has 2 aromatic rings. The summed E-state index contributed by atoms with van der Waals surface area (Å²) in [6.07, 6.45) is 0. The fraction of sp³-hybridized carbons (Fsp3) is 0.125. The number of carbonyl (C=O) groups is 2. The number of hydrogen-bond donors (Lipinski definition) is 2. The topological polar surface area (TPSA) is 76.7 Å². The summed E-state index contributed by atoms with van der Waals surface area (Å²) in [5, 5.41) is 0. The second kappa shape index (κ2) is 7.68. The molecule has 0 aliphatic rings. The smallest absolute Gasteiger partial charge is 0.276 e. The Kier molecular flexibility index (Phi) is 5.37. The van der Waals surface area contributed by atoms with Crippen molar-refractivity contribution < 1.29 is 19.1 Å². The van der Waals surface area contributed by atoms with Crippen molar-refractivity contribution in [2.24, 2.45) is 0 Å². The van der Waals surface area contributed by atoms with Gasteiger partial charge >= 0.3 is 0 Å². The zero-order valence-corrected chi connectivity index (χ0v) is 12.0. The molecule has 0 saturated carbocycles. The molecule has 0 saturated heterocycles. The maximum atomic E-state index is 11.7. The lowest BCUT2D eigenvalue weighted by molar-refractivity contribution is -0.123. The standard InChI is InChI=1S/C16H16N2O4/c1-21-13-7-9-14(10-8-13)22-11-15(19)17-18-16(20)12-5-3-2-4-6-12/h2-10H,11H2,1H3,(H,17,19)(H,18,20). The summed E-state index contributed by atoms with van der Waals surface area (Å²) >= 11 is 0. The van der Waals surface area contributed by atoms with Crippen molar-refractivity contribution in [1.82, 2.24) is 10.9 Å². The van der Waals surface area contributed by atoms with E-state index in [0.29, 0.717) is 17.1 Å². The summed E-state index contributed by atoms with van der Waals surface area (Å²) in [6, 6.07) is 15.4. The highest BCUT2D eigenvalue weighted by molar-refractivity contribution is 5.95. The molecule has 0 radical (unpaired) electrons. The second-order valence-corrected chi connectivity index (χ2v) is 4.33. The fourth-order valence-corrected chi connectivity index (χ4v) is 1.65. The Hall–Kier alpha value is -3.02. The van der Waals surface area contributed by atoms with Gasteiger partial charge in [-0.15, -0.1) is 0 Å². The predicted octanol–water partition coefficient (Wildman–Crippen LogP) is 1.54. The highest BCUT2D eigenvalue weighted by atomic mass is 16.5. The monoisotopic (exact) mass is 300 g/mol. The molecule has 0 unspecified atom stereocenters. The van der Waals surface area contributed by atoms with Crippen LogP contribution in [0.2, 0.25) is 0 Å². The van der Waals surface area contributed by atoms with E-state index in [1.54, 1.807) is 61.7 Å². The number of hydrogen-bond acceptors (Lipinski definition) is 4. The molecule has 6 heteroatoms. The Labute approximate surface area is 128 Å². The van der Waals surface area contributed by atoms with Crippen molar-refractivity contribution >= 4 is 11.8 Å². The third-order valence-electron chi connectivity index (χ3n) is 2.78. The lowest BCUT2D eigenvalue weighted by Crippen LogP contribution is -2.43. The van der Waals surface area contributed by atoms with Crippen molar-refractivity contribution in [3.63, 3.8) is 0 Å². The summed E-state index contributed by atoms with van der Waals surface area (Å²) in [7, 11) is 1.57. The second-order valence-electron chi connectivity index (χ2n) is 4.33. The SMILES string of the molecule is COc1ccc(OCC(=O)NNC(=O)c2ccccc2)cc1. The molecule has 0 spiro atoms. The minimum Gasteiger partial charge on any atom is -0.497 e. The first kappa shape index (κ1) is 15.4. The third kappa shape index (κ3) is 4.52. The molecule has 2 amide bonds. The van der Waals surface area contributed by atoms with E-state index in [9.17, 15) is 9.59 Å². The third-order valence-corrected chi connectivity index (χ3v) is 2.78. The van der Waals surface area contributed by atoms with Gasteiger partial charge in [0.25, 0.3) is 11.8 Å². The maximum Gasteiger partial charge on any atom is 0.276 e. The van der Waals surface area contributed by atoms with Gasteiger partial charge in [0.05, 0.1) is 7.11 Å². The van der Waals surface area contributed by atoms with Crippen LogP contribution >= 0.6 is 0 Å². The number of rotatable bonds is 5. The molecule has 0 aliphatic carbocycles. The van der Waals surface area contributed by atoms with Crippen LogP contribution in [0, 0.1) is 0 Å². The van der Waals surface area contributed by atoms with Crippen molar-refractivity contribution in [2.45, 2.75) is 0 Å². The molecule has 2 rings (SSSR count). The van der Waals surface area contributed by atoms with E-state index < -0.39 is 11.8 Å². The summed E-state index contributed by atoms with van der Waals surface area (Å²) in [5.74, 6) is 0.385. The zero-order chi connectivity index (χ0) is 15.8. The molecule has 6 nitrogen and oxygen atoms in total. The first-order chi connectivity index (χ1) is 10.7. The fourth-order valence-electron chi connectivity index (χ4n) is 1.65. The Morgan fingerprint density at radius 1 is 0.909 bits per heavy atom. The largest absolute Gasteiger partial charge is 0.497 e.